The van der Waals surface area contributed by atoms with Gasteiger partial charge in [-0.25, -0.2) is 0 Å². The van der Waals surface area contributed by atoms with E-state index in [1.54, 1.807) is 0 Å². The quantitative estimate of drug-likeness (QED) is 0.365. The lowest BCUT2D eigenvalue weighted by atomic mass is 10.1. The fourth-order valence-electron chi connectivity index (χ4n) is 3.38. The highest BCUT2D eigenvalue weighted by molar-refractivity contribution is 4.67. The van der Waals surface area contributed by atoms with Gasteiger partial charge >= 0.3 is 0 Å². The minimum Gasteiger partial charge on any atom is -0.392 e. The lowest BCUT2D eigenvalue weighted by molar-refractivity contribution is 0.0805. The van der Waals surface area contributed by atoms with Crippen molar-refractivity contribution in [2.75, 3.05) is 39.3 Å². The molecule has 0 aliphatic rings. The van der Waals surface area contributed by atoms with E-state index in [0.717, 1.165) is 19.5 Å². The average molecular weight is 359 g/mol. The molecule has 152 valence electrons. The van der Waals surface area contributed by atoms with Crippen molar-refractivity contribution in [3.05, 3.63) is 0 Å². The van der Waals surface area contributed by atoms with Crippen molar-refractivity contribution in [1.29, 1.82) is 0 Å². The molecule has 0 saturated carbocycles. The van der Waals surface area contributed by atoms with Crippen LogP contribution in [0.15, 0.2) is 0 Å². The summed E-state index contributed by atoms with van der Waals surface area (Å²) < 4.78 is 0. The summed E-state index contributed by atoms with van der Waals surface area (Å²) in [5.74, 6) is 0. The van der Waals surface area contributed by atoms with E-state index >= 15 is 0 Å². The number of aliphatic hydroxyl groups excluding tert-OH is 2. The van der Waals surface area contributed by atoms with Gasteiger partial charge in [0, 0.05) is 13.1 Å². The van der Waals surface area contributed by atoms with Gasteiger partial charge in [-0.1, -0.05) is 52.4 Å². The number of hydrogen-bond donors (Lipinski definition) is 2. The van der Waals surface area contributed by atoms with Crippen LogP contribution in [-0.2, 0) is 0 Å². The molecule has 2 N–H and O–H groups in total. The highest BCUT2D eigenvalue weighted by Gasteiger charge is 2.12. The van der Waals surface area contributed by atoms with Gasteiger partial charge in [0.15, 0.2) is 0 Å². The van der Waals surface area contributed by atoms with Gasteiger partial charge in [0.25, 0.3) is 0 Å². The molecule has 2 atom stereocenters. The Morgan fingerprint density at radius 1 is 0.560 bits per heavy atom. The molecule has 0 bridgehead atoms. The Kier molecular flexibility index (Phi) is 17.2. The summed E-state index contributed by atoms with van der Waals surface area (Å²) in [4.78, 5) is 4.83. The second-order valence-electron chi connectivity index (χ2n) is 7.77. The summed E-state index contributed by atoms with van der Waals surface area (Å²) in [6.45, 7) is 14.0. The van der Waals surface area contributed by atoms with E-state index in [9.17, 15) is 10.2 Å². The van der Waals surface area contributed by atoms with Gasteiger partial charge in [0.2, 0.25) is 0 Å². The highest BCUT2D eigenvalue weighted by Crippen LogP contribution is 2.07. The van der Waals surface area contributed by atoms with Crippen LogP contribution < -0.4 is 0 Å². The van der Waals surface area contributed by atoms with Gasteiger partial charge in [-0.3, -0.25) is 4.90 Å². The van der Waals surface area contributed by atoms with Gasteiger partial charge in [0.1, 0.15) is 0 Å². The summed E-state index contributed by atoms with van der Waals surface area (Å²) in [6, 6.07) is 0. The largest absolute Gasteiger partial charge is 0.392 e. The maximum absolute atomic E-state index is 9.64. The van der Waals surface area contributed by atoms with Crippen LogP contribution in [0.25, 0.3) is 0 Å². The van der Waals surface area contributed by atoms with Crippen LogP contribution >= 0.6 is 0 Å². The molecule has 0 saturated heterocycles. The first-order valence-corrected chi connectivity index (χ1v) is 10.8. The van der Waals surface area contributed by atoms with Crippen LogP contribution in [0.5, 0.6) is 0 Å². The van der Waals surface area contributed by atoms with Crippen LogP contribution in [-0.4, -0.2) is 71.5 Å². The van der Waals surface area contributed by atoms with Crippen LogP contribution in [0.2, 0.25) is 0 Å². The number of rotatable bonds is 18. The minimum absolute atomic E-state index is 0.335. The molecular weight excluding hydrogens is 312 g/mol. The van der Waals surface area contributed by atoms with Crippen molar-refractivity contribution in [2.45, 2.75) is 97.7 Å². The van der Waals surface area contributed by atoms with E-state index in [1.165, 1.54) is 64.5 Å². The van der Waals surface area contributed by atoms with Crippen molar-refractivity contribution in [3.8, 4) is 0 Å². The fourth-order valence-corrected chi connectivity index (χ4v) is 3.38. The van der Waals surface area contributed by atoms with E-state index < -0.39 is 0 Å². The molecule has 0 aromatic carbocycles. The van der Waals surface area contributed by atoms with Crippen molar-refractivity contribution < 1.29 is 10.2 Å². The van der Waals surface area contributed by atoms with Gasteiger partial charge in [0.05, 0.1) is 12.2 Å². The molecule has 0 heterocycles. The molecule has 0 spiro atoms. The summed E-state index contributed by atoms with van der Waals surface area (Å²) in [5, 5.41) is 19.3. The van der Waals surface area contributed by atoms with E-state index in [4.69, 9.17) is 0 Å². The van der Waals surface area contributed by atoms with Crippen molar-refractivity contribution >= 4 is 0 Å². The van der Waals surface area contributed by atoms with E-state index in [0.29, 0.717) is 13.1 Å². The maximum atomic E-state index is 9.64. The topological polar surface area (TPSA) is 46.9 Å². The number of aliphatic hydroxyl groups is 2. The van der Waals surface area contributed by atoms with Crippen molar-refractivity contribution in [3.63, 3.8) is 0 Å². The smallest absolute Gasteiger partial charge is 0.0639 e. The van der Waals surface area contributed by atoms with Crippen LogP contribution in [0.4, 0.5) is 0 Å². The molecule has 2 unspecified atom stereocenters. The van der Waals surface area contributed by atoms with Crippen LogP contribution in [0.3, 0.4) is 0 Å². The summed E-state index contributed by atoms with van der Waals surface area (Å²) in [5.41, 5.74) is 0. The third-order valence-electron chi connectivity index (χ3n) is 4.65. The Bertz CT molecular complexity index is 251. The van der Waals surface area contributed by atoms with Gasteiger partial charge in [-0.05, 0) is 59.3 Å². The lowest BCUT2D eigenvalue weighted by Gasteiger charge is -2.27. The van der Waals surface area contributed by atoms with Gasteiger partial charge in [-0.15, -0.1) is 0 Å². The zero-order valence-corrected chi connectivity index (χ0v) is 17.6. The summed E-state index contributed by atoms with van der Waals surface area (Å²) in [7, 11) is 0. The number of unbranched alkanes of at least 4 members (excludes halogenated alkanes) is 6. The predicted octanol–water partition coefficient (Wildman–Crippen LogP) is 3.90. The van der Waals surface area contributed by atoms with Crippen LogP contribution in [0.1, 0.15) is 85.5 Å². The number of nitrogens with zero attached hydrogens (tertiary/aromatic N) is 2. The van der Waals surface area contributed by atoms with E-state index in [1.807, 2.05) is 13.8 Å². The molecule has 0 aromatic rings. The third kappa shape index (κ3) is 17.0. The fraction of sp³-hybridized carbons (Fsp3) is 1.00. The Morgan fingerprint density at radius 3 is 1.36 bits per heavy atom. The lowest BCUT2D eigenvalue weighted by Crippen LogP contribution is -2.38. The standard InChI is InChI=1S/C21H46N2O2/c1-5-7-9-11-14-22(15-12-10-8-6-2)16-13-17-23(18-20(3)24)19-21(4)25/h20-21,24-25H,5-19H2,1-4H3. The zero-order valence-electron chi connectivity index (χ0n) is 17.6. The summed E-state index contributed by atoms with van der Waals surface area (Å²) in [6.07, 6.45) is 11.0. The molecule has 0 amide bonds. The van der Waals surface area contributed by atoms with Crippen molar-refractivity contribution in [1.82, 2.24) is 9.80 Å². The monoisotopic (exact) mass is 358 g/mol. The molecule has 0 rings (SSSR count). The van der Waals surface area contributed by atoms with Gasteiger partial charge in [-0.2, -0.15) is 0 Å². The second-order valence-corrected chi connectivity index (χ2v) is 7.77. The Hall–Kier alpha value is -0.160. The Labute approximate surface area is 157 Å². The Morgan fingerprint density at radius 2 is 0.960 bits per heavy atom. The third-order valence-corrected chi connectivity index (χ3v) is 4.65. The van der Waals surface area contributed by atoms with Crippen molar-refractivity contribution in [2.24, 2.45) is 0 Å². The zero-order chi connectivity index (χ0) is 18.9. The molecule has 0 aromatic heterocycles. The average Bonchev–Trinajstić information content (AvgIpc) is 2.53. The molecule has 4 nitrogen and oxygen atoms in total. The molecular formula is C21H46N2O2. The normalized spacial score (nSPS) is 14.4. The maximum Gasteiger partial charge on any atom is 0.0639 e. The Balaban J connectivity index is 4.19. The molecule has 0 aliphatic carbocycles. The minimum atomic E-state index is -0.335. The highest BCUT2D eigenvalue weighted by atomic mass is 16.3. The molecule has 0 fully saturated rings. The first-order chi connectivity index (χ1) is 12.0. The molecule has 0 radical (unpaired) electrons. The van der Waals surface area contributed by atoms with E-state index in [-0.39, 0.29) is 12.2 Å². The molecule has 25 heavy (non-hydrogen) atoms. The first-order valence-electron chi connectivity index (χ1n) is 10.8. The van der Waals surface area contributed by atoms with Crippen LogP contribution in [0, 0.1) is 0 Å². The molecule has 0 aliphatic heterocycles. The predicted molar refractivity (Wildman–Crippen MR) is 109 cm³/mol. The SMILES string of the molecule is CCCCCCN(CCCCCC)CCCN(CC(C)O)CC(C)O. The molecule has 4 heteroatoms. The van der Waals surface area contributed by atoms with Gasteiger partial charge < -0.3 is 15.1 Å². The number of hydrogen-bond acceptors (Lipinski definition) is 4. The van der Waals surface area contributed by atoms with E-state index in [2.05, 4.69) is 23.6 Å². The second kappa shape index (κ2) is 17.3. The summed E-state index contributed by atoms with van der Waals surface area (Å²) >= 11 is 0. The first kappa shape index (κ1) is 24.8.